The van der Waals surface area contributed by atoms with Gasteiger partial charge in [-0.25, -0.2) is 13.1 Å². The summed E-state index contributed by atoms with van der Waals surface area (Å²) in [5.74, 6) is 0.471. The van der Waals surface area contributed by atoms with Gasteiger partial charge in [0.1, 0.15) is 0 Å². The lowest BCUT2D eigenvalue weighted by Crippen LogP contribution is -2.27. The molecule has 1 atom stereocenters. The molecule has 1 saturated heterocycles. The van der Waals surface area contributed by atoms with Crippen LogP contribution in [0.4, 0.5) is 0 Å². The predicted octanol–water partition coefficient (Wildman–Crippen LogP) is 1.16. The molecule has 0 aromatic heterocycles. The van der Waals surface area contributed by atoms with Gasteiger partial charge in [0.15, 0.2) is 0 Å². The van der Waals surface area contributed by atoms with Crippen LogP contribution in [0.2, 0.25) is 0 Å². The van der Waals surface area contributed by atoms with Gasteiger partial charge in [-0.3, -0.25) is 0 Å². The molecule has 20 heavy (non-hydrogen) atoms. The first kappa shape index (κ1) is 15.4. The minimum absolute atomic E-state index is 0.331. The summed E-state index contributed by atoms with van der Waals surface area (Å²) in [6.07, 6.45) is 1.84. The third kappa shape index (κ3) is 3.79. The van der Waals surface area contributed by atoms with Crippen molar-refractivity contribution in [1.29, 1.82) is 0 Å². The Morgan fingerprint density at radius 2 is 2.25 bits per heavy atom. The Hall–Kier alpha value is -0.950. The average Bonchev–Trinajstić information content (AvgIpc) is 2.91. The Labute approximate surface area is 120 Å². The fourth-order valence-corrected chi connectivity index (χ4v) is 3.70. The molecular weight excluding hydrogens is 276 g/mol. The minimum atomic E-state index is -3.44. The largest absolute Gasteiger partial charge is 0.381 e. The van der Waals surface area contributed by atoms with Crippen molar-refractivity contribution in [2.45, 2.75) is 31.2 Å². The van der Waals surface area contributed by atoms with Crippen molar-refractivity contribution < 1.29 is 13.2 Å². The minimum Gasteiger partial charge on any atom is -0.381 e. The van der Waals surface area contributed by atoms with E-state index in [0.717, 1.165) is 37.2 Å². The SMILES string of the molecule is Cc1cc(CN)ccc1S(=O)(=O)NCCC1CCOC1. The topological polar surface area (TPSA) is 81.4 Å². The first-order chi connectivity index (χ1) is 9.53. The maximum absolute atomic E-state index is 12.3. The number of nitrogens with two attached hydrogens (primary N) is 1. The van der Waals surface area contributed by atoms with E-state index in [1.807, 2.05) is 6.07 Å². The lowest BCUT2D eigenvalue weighted by molar-refractivity contribution is 0.184. The maximum atomic E-state index is 12.3. The molecule has 0 radical (unpaired) electrons. The first-order valence-electron chi connectivity index (χ1n) is 6.90. The quantitative estimate of drug-likeness (QED) is 0.825. The molecule has 0 saturated carbocycles. The summed E-state index contributed by atoms with van der Waals surface area (Å²) in [5, 5.41) is 0. The highest BCUT2D eigenvalue weighted by molar-refractivity contribution is 7.89. The van der Waals surface area contributed by atoms with Gasteiger partial charge in [-0.05, 0) is 42.9 Å². The predicted molar refractivity (Wildman–Crippen MR) is 77.8 cm³/mol. The summed E-state index contributed by atoms with van der Waals surface area (Å²) >= 11 is 0. The lowest BCUT2D eigenvalue weighted by atomic mass is 10.1. The van der Waals surface area contributed by atoms with Gasteiger partial charge in [-0.15, -0.1) is 0 Å². The average molecular weight is 298 g/mol. The van der Waals surface area contributed by atoms with Crippen LogP contribution in [-0.4, -0.2) is 28.2 Å². The van der Waals surface area contributed by atoms with Crippen LogP contribution in [-0.2, 0) is 21.3 Å². The van der Waals surface area contributed by atoms with E-state index in [1.165, 1.54) is 0 Å². The number of hydrogen-bond donors (Lipinski definition) is 2. The van der Waals surface area contributed by atoms with Gasteiger partial charge in [-0.2, -0.15) is 0 Å². The van der Waals surface area contributed by atoms with Crippen molar-refractivity contribution >= 4 is 10.0 Å². The molecule has 3 N–H and O–H groups in total. The van der Waals surface area contributed by atoms with E-state index in [-0.39, 0.29) is 0 Å². The normalized spacial score (nSPS) is 19.4. The smallest absolute Gasteiger partial charge is 0.240 e. The van der Waals surface area contributed by atoms with Crippen LogP contribution in [0.3, 0.4) is 0 Å². The lowest BCUT2D eigenvalue weighted by Gasteiger charge is -2.12. The van der Waals surface area contributed by atoms with Gasteiger partial charge in [0.05, 0.1) is 4.90 Å². The summed E-state index contributed by atoms with van der Waals surface area (Å²) in [6.45, 7) is 4.19. The number of benzene rings is 1. The monoisotopic (exact) mass is 298 g/mol. The fourth-order valence-electron chi connectivity index (χ4n) is 2.43. The summed E-state index contributed by atoms with van der Waals surface area (Å²) in [6, 6.07) is 5.20. The third-order valence-electron chi connectivity index (χ3n) is 3.63. The van der Waals surface area contributed by atoms with Crippen molar-refractivity contribution in [2.75, 3.05) is 19.8 Å². The van der Waals surface area contributed by atoms with Gasteiger partial charge in [0, 0.05) is 26.3 Å². The van der Waals surface area contributed by atoms with Crippen LogP contribution in [0.5, 0.6) is 0 Å². The van der Waals surface area contributed by atoms with Gasteiger partial charge in [0.25, 0.3) is 0 Å². The van der Waals surface area contributed by atoms with Crippen molar-refractivity contribution in [3.8, 4) is 0 Å². The van der Waals surface area contributed by atoms with Crippen LogP contribution < -0.4 is 10.5 Å². The van der Waals surface area contributed by atoms with E-state index in [4.69, 9.17) is 10.5 Å². The molecule has 0 aliphatic carbocycles. The maximum Gasteiger partial charge on any atom is 0.240 e. The van der Waals surface area contributed by atoms with Crippen molar-refractivity contribution in [2.24, 2.45) is 11.7 Å². The molecule has 0 amide bonds. The number of rotatable bonds is 6. The van der Waals surface area contributed by atoms with Gasteiger partial charge >= 0.3 is 0 Å². The van der Waals surface area contributed by atoms with E-state index in [0.29, 0.717) is 23.9 Å². The zero-order valence-electron chi connectivity index (χ0n) is 11.8. The van der Waals surface area contributed by atoms with Crippen molar-refractivity contribution in [3.05, 3.63) is 29.3 Å². The summed E-state index contributed by atoms with van der Waals surface area (Å²) < 4.78 is 32.5. The zero-order valence-corrected chi connectivity index (χ0v) is 12.6. The third-order valence-corrected chi connectivity index (χ3v) is 5.25. The molecule has 1 aliphatic rings. The Bertz CT molecular complexity index is 552. The molecule has 2 rings (SSSR count). The molecule has 1 unspecified atom stereocenters. The highest BCUT2D eigenvalue weighted by atomic mass is 32.2. The highest BCUT2D eigenvalue weighted by Gasteiger charge is 2.19. The zero-order chi connectivity index (χ0) is 14.6. The second-order valence-corrected chi connectivity index (χ2v) is 6.96. The molecule has 6 heteroatoms. The second-order valence-electron chi connectivity index (χ2n) is 5.22. The first-order valence-corrected chi connectivity index (χ1v) is 8.38. The van der Waals surface area contributed by atoms with Crippen LogP contribution in [0.25, 0.3) is 0 Å². The molecule has 112 valence electrons. The molecule has 0 spiro atoms. The molecule has 1 aromatic rings. The Balaban J connectivity index is 1.98. The van der Waals surface area contributed by atoms with E-state index in [2.05, 4.69) is 4.72 Å². The van der Waals surface area contributed by atoms with Crippen LogP contribution in [0.1, 0.15) is 24.0 Å². The highest BCUT2D eigenvalue weighted by Crippen LogP contribution is 2.18. The number of nitrogens with one attached hydrogen (secondary N) is 1. The van der Waals surface area contributed by atoms with Crippen LogP contribution in [0, 0.1) is 12.8 Å². The van der Waals surface area contributed by atoms with Gasteiger partial charge < -0.3 is 10.5 Å². The van der Waals surface area contributed by atoms with Crippen molar-refractivity contribution in [3.63, 3.8) is 0 Å². The molecule has 5 nitrogen and oxygen atoms in total. The molecule has 1 fully saturated rings. The molecule has 1 aromatic carbocycles. The molecular formula is C14H22N2O3S. The number of aryl methyl sites for hydroxylation is 1. The molecule has 1 aliphatic heterocycles. The standard InChI is InChI=1S/C14H22N2O3S/c1-11-8-13(9-15)2-3-14(11)20(17,18)16-6-4-12-5-7-19-10-12/h2-3,8,12,16H,4-7,9-10,15H2,1H3. The van der Waals surface area contributed by atoms with Crippen LogP contribution in [0.15, 0.2) is 23.1 Å². The summed E-state index contributed by atoms with van der Waals surface area (Å²) in [7, 11) is -3.44. The van der Waals surface area contributed by atoms with Crippen molar-refractivity contribution in [1.82, 2.24) is 4.72 Å². The molecule has 1 heterocycles. The summed E-state index contributed by atoms with van der Waals surface area (Å²) in [4.78, 5) is 0.331. The van der Waals surface area contributed by atoms with Gasteiger partial charge in [0.2, 0.25) is 10.0 Å². The second kappa shape index (κ2) is 6.67. The number of sulfonamides is 1. The van der Waals surface area contributed by atoms with Gasteiger partial charge in [-0.1, -0.05) is 12.1 Å². The Morgan fingerprint density at radius 1 is 1.45 bits per heavy atom. The van der Waals surface area contributed by atoms with Crippen LogP contribution >= 0.6 is 0 Å². The van der Waals surface area contributed by atoms with E-state index >= 15 is 0 Å². The fraction of sp³-hybridized carbons (Fsp3) is 0.571. The van der Waals surface area contributed by atoms with E-state index in [1.54, 1.807) is 19.1 Å². The number of hydrogen-bond acceptors (Lipinski definition) is 4. The summed E-state index contributed by atoms with van der Waals surface area (Å²) in [5.41, 5.74) is 7.21. The Kier molecular flexibility index (Phi) is 5.15. The van der Waals surface area contributed by atoms with E-state index in [9.17, 15) is 8.42 Å². The van der Waals surface area contributed by atoms with E-state index < -0.39 is 10.0 Å². The number of ether oxygens (including phenoxy) is 1. The molecule has 0 bridgehead atoms. The Morgan fingerprint density at radius 3 is 2.85 bits per heavy atom.